The molecule has 0 heterocycles. The van der Waals surface area contributed by atoms with Crippen LogP contribution < -0.4 is 0 Å². The van der Waals surface area contributed by atoms with E-state index >= 15 is 0 Å². The summed E-state index contributed by atoms with van der Waals surface area (Å²) in [5, 5.41) is -1.02. The maximum absolute atomic E-state index is 12.9. The van der Waals surface area contributed by atoms with Crippen molar-refractivity contribution in [2.75, 3.05) is 0 Å². The molecule has 0 N–H and O–H groups in total. The minimum Gasteiger partial charge on any atom is -0.247 e. The molecule has 1 aromatic rings. The van der Waals surface area contributed by atoms with Gasteiger partial charge in [-0.25, -0.2) is 4.21 Å². The Kier molecular flexibility index (Phi) is 3.90. The largest absolute Gasteiger partial charge is 0.247 e. The summed E-state index contributed by atoms with van der Waals surface area (Å²) >= 11 is 10.3. The molecule has 1 unspecified atom stereocenters. The minimum atomic E-state index is -1.91. The van der Waals surface area contributed by atoms with Crippen molar-refractivity contribution in [3.8, 4) is 0 Å². The zero-order chi connectivity index (χ0) is 9.84. The second-order valence-electron chi connectivity index (χ2n) is 2.12. The molecule has 0 aliphatic heterocycles. The summed E-state index contributed by atoms with van der Waals surface area (Å²) < 4.78 is 23.6. The Morgan fingerprint density at radius 2 is 1.77 bits per heavy atom. The van der Waals surface area contributed by atoms with Crippen molar-refractivity contribution in [1.82, 2.24) is 0 Å². The monoisotopic (exact) mass is 238 g/mol. The lowest BCUT2D eigenvalue weighted by Gasteiger charge is -1.97. The number of benzene rings is 1. The highest BCUT2D eigenvalue weighted by Gasteiger charge is 2.12. The third kappa shape index (κ3) is 2.79. The molecule has 1 rings (SSSR count). The molecule has 0 aliphatic rings. The predicted octanol–water partition coefficient (Wildman–Crippen LogP) is 3.37. The maximum Gasteiger partial charge on any atom is 0.221 e. The van der Waals surface area contributed by atoms with Gasteiger partial charge in [-0.1, -0.05) is 41.4 Å². The van der Waals surface area contributed by atoms with Crippen LogP contribution in [-0.4, -0.2) is 4.21 Å². The van der Waals surface area contributed by atoms with Gasteiger partial charge in [0.05, 0.1) is 0 Å². The lowest BCUT2D eigenvalue weighted by molar-refractivity contribution is 0.650. The van der Waals surface area contributed by atoms with Crippen molar-refractivity contribution in [3.63, 3.8) is 0 Å². The second-order valence-corrected chi connectivity index (χ2v) is 4.43. The molecule has 1 nitrogen and oxygen atoms in total. The fourth-order valence-electron chi connectivity index (χ4n) is 0.718. The highest BCUT2D eigenvalue weighted by Crippen LogP contribution is 2.23. The van der Waals surface area contributed by atoms with Crippen LogP contribution in [0.15, 0.2) is 44.9 Å². The van der Waals surface area contributed by atoms with E-state index < -0.39 is 20.4 Å². The molecule has 5 heteroatoms. The zero-order valence-electron chi connectivity index (χ0n) is 6.34. The van der Waals surface area contributed by atoms with E-state index in [9.17, 15) is 8.60 Å². The van der Waals surface area contributed by atoms with Crippen LogP contribution in [0.1, 0.15) is 0 Å². The van der Waals surface area contributed by atoms with E-state index in [1.807, 2.05) is 0 Å². The average molecular weight is 239 g/mol. The Morgan fingerprint density at radius 3 is 2.23 bits per heavy atom. The minimum absolute atomic E-state index is 0.332. The van der Waals surface area contributed by atoms with Gasteiger partial charge in [0.1, 0.15) is 10.8 Å². The summed E-state index contributed by atoms with van der Waals surface area (Å²) in [4.78, 5) is 0.332. The topological polar surface area (TPSA) is 17.1 Å². The molecule has 0 aliphatic carbocycles. The Balaban J connectivity index is 3.00. The van der Waals surface area contributed by atoms with E-state index in [0.29, 0.717) is 4.90 Å². The molecule has 1 atom stereocenters. The van der Waals surface area contributed by atoms with Gasteiger partial charge >= 0.3 is 0 Å². The average Bonchev–Trinajstić information content (AvgIpc) is 2.17. The first kappa shape index (κ1) is 10.7. The Labute approximate surface area is 87.6 Å². The molecule has 0 saturated carbocycles. The molecule has 0 fully saturated rings. The van der Waals surface area contributed by atoms with Gasteiger partial charge in [0.15, 0.2) is 4.49 Å². The molecular weight excluding hydrogens is 234 g/mol. The van der Waals surface area contributed by atoms with Gasteiger partial charge in [0, 0.05) is 4.90 Å². The van der Waals surface area contributed by atoms with E-state index in [4.69, 9.17) is 23.2 Å². The summed E-state index contributed by atoms with van der Waals surface area (Å²) in [6.45, 7) is 0. The molecule has 0 aromatic heterocycles. The molecule has 0 bridgehead atoms. The van der Waals surface area contributed by atoms with Gasteiger partial charge < -0.3 is 0 Å². The third-order valence-corrected chi connectivity index (χ3v) is 3.05. The number of hydrogen-bond acceptors (Lipinski definition) is 1. The Morgan fingerprint density at radius 1 is 1.23 bits per heavy atom. The third-order valence-electron chi connectivity index (χ3n) is 1.27. The van der Waals surface area contributed by atoms with Crippen molar-refractivity contribution in [2.45, 2.75) is 4.90 Å². The lowest BCUT2D eigenvalue weighted by atomic mass is 10.4. The Hall–Kier alpha value is -0.380. The summed E-state index contributed by atoms with van der Waals surface area (Å²) in [5.41, 5.74) is 0. The molecule has 1 aromatic carbocycles. The first-order chi connectivity index (χ1) is 6.13. The van der Waals surface area contributed by atoms with E-state index in [1.54, 1.807) is 18.2 Å². The van der Waals surface area contributed by atoms with E-state index in [0.717, 1.165) is 0 Å². The van der Waals surface area contributed by atoms with Crippen LogP contribution in [0.2, 0.25) is 0 Å². The first-order valence-corrected chi connectivity index (χ1v) is 5.21. The molecule has 0 spiro atoms. The van der Waals surface area contributed by atoms with Crippen molar-refractivity contribution in [1.29, 1.82) is 0 Å². The van der Waals surface area contributed by atoms with Crippen LogP contribution >= 0.6 is 23.2 Å². The molecule has 0 radical (unpaired) electrons. The normalized spacial score (nSPS) is 12.2. The van der Waals surface area contributed by atoms with Crippen LogP contribution in [-0.2, 0) is 10.8 Å². The van der Waals surface area contributed by atoms with Crippen LogP contribution in [0.4, 0.5) is 4.39 Å². The number of hydrogen-bond donors (Lipinski definition) is 0. The predicted molar refractivity (Wildman–Crippen MR) is 52.7 cm³/mol. The first-order valence-electron chi connectivity index (χ1n) is 3.30. The quantitative estimate of drug-likeness (QED) is 0.773. The van der Waals surface area contributed by atoms with Gasteiger partial charge in [0.2, 0.25) is 5.16 Å². The van der Waals surface area contributed by atoms with Crippen LogP contribution in [0.5, 0.6) is 0 Å². The lowest BCUT2D eigenvalue weighted by Crippen LogP contribution is -1.91. The molecule has 0 saturated heterocycles. The van der Waals surface area contributed by atoms with E-state index in [1.165, 1.54) is 12.1 Å². The van der Waals surface area contributed by atoms with E-state index in [2.05, 4.69) is 0 Å². The number of halogens is 3. The number of rotatable bonds is 2. The fourth-order valence-corrected chi connectivity index (χ4v) is 1.89. The van der Waals surface area contributed by atoms with Crippen molar-refractivity contribution < 1.29 is 8.60 Å². The van der Waals surface area contributed by atoms with Crippen LogP contribution in [0, 0.1) is 0 Å². The van der Waals surface area contributed by atoms with Crippen molar-refractivity contribution in [2.24, 2.45) is 0 Å². The molecule has 13 heavy (non-hydrogen) atoms. The summed E-state index contributed by atoms with van der Waals surface area (Å²) in [7, 11) is -1.91. The van der Waals surface area contributed by atoms with Gasteiger partial charge in [-0.3, -0.25) is 0 Å². The molecular formula is C8H5Cl2FOS. The molecule has 70 valence electrons. The smallest absolute Gasteiger partial charge is 0.221 e. The van der Waals surface area contributed by atoms with Crippen LogP contribution in [0.25, 0.3) is 0 Å². The standard InChI is InChI=1S/C8H5Cl2FOS/c9-7(10)8(11)13(12)6-4-2-1-3-5-6/h1-5H. The van der Waals surface area contributed by atoms with E-state index in [-0.39, 0.29) is 0 Å². The zero-order valence-corrected chi connectivity index (χ0v) is 8.67. The Bertz CT molecular complexity index is 346. The summed E-state index contributed by atoms with van der Waals surface area (Å²) in [6, 6.07) is 8.12. The van der Waals surface area contributed by atoms with Crippen molar-refractivity contribution in [3.05, 3.63) is 40.0 Å². The van der Waals surface area contributed by atoms with Crippen LogP contribution in [0.3, 0.4) is 0 Å². The van der Waals surface area contributed by atoms with Gasteiger partial charge in [-0.15, -0.1) is 0 Å². The summed E-state index contributed by atoms with van der Waals surface area (Å²) in [5.74, 6) is 0. The second kappa shape index (κ2) is 4.74. The SMILES string of the molecule is O=S(C(F)=C(Cl)Cl)c1ccccc1. The highest BCUT2D eigenvalue weighted by atomic mass is 35.5. The van der Waals surface area contributed by atoms with Gasteiger partial charge in [-0.2, -0.15) is 4.39 Å². The molecule has 0 amide bonds. The highest BCUT2D eigenvalue weighted by molar-refractivity contribution is 7.89. The van der Waals surface area contributed by atoms with Gasteiger partial charge in [0.25, 0.3) is 0 Å². The maximum atomic E-state index is 12.9. The summed E-state index contributed by atoms with van der Waals surface area (Å²) in [6.07, 6.45) is 0. The van der Waals surface area contributed by atoms with Crippen molar-refractivity contribution >= 4 is 34.0 Å². The fraction of sp³-hybridized carbons (Fsp3) is 0. The van der Waals surface area contributed by atoms with Gasteiger partial charge in [-0.05, 0) is 12.1 Å².